The Labute approximate surface area is 124 Å². The largest absolute Gasteiger partial charge is 0.459 e. The lowest BCUT2D eigenvalue weighted by Gasteiger charge is -2.34. The molecule has 1 aliphatic rings. The second kappa shape index (κ2) is 6.41. The van der Waals surface area contributed by atoms with Crippen LogP contribution >= 0.6 is 0 Å². The Morgan fingerprint density at radius 1 is 1.14 bits per heavy atom. The summed E-state index contributed by atoms with van der Waals surface area (Å²) in [5.74, 6) is 2.45. The molecule has 21 heavy (non-hydrogen) atoms. The van der Waals surface area contributed by atoms with Crippen LogP contribution in [0.2, 0.25) is 0 Å². The fourth-order valence-corrected chi connectivity index (χ4v) is 2.65. The van der Waals surface area contributed by atoms with Gasteiger partial charge in [0.2, 0.25) is 5.89 Å². The summed E-state index contributed by atoms with van der Waals surface area (Å²) in [4.78, 5) is 4.87. The van der Waals surface area contributed by atoms with Crippen LogP contribution in [0.4, 0.5) is 0 Å². The van der Waals surface area contributed by atoms with E-state index in [1.807, 2.05) is 12.1 Å². The van der Waals surface area contributed by atoms with Gasteiger partial charge in [-0.25, -0.2) is 0 Å². The van der Waals surface area contributed by atoms with Crippen molar-refractivity contribution in [2.75, 3.05) is 32.7 Å². The zero-order chi connectivity index (χ0) is 14.7. The molecule has 0 aromatic carbocycles. The van der Waals surface area contributed by atoms with Gasteiger partial charge in [-0.15, -0.1) is 10.2 Å². The van der Waals surface area contributed by atoms with Gasteiger partial charge < -0.3 is 13.7 Å². The van der Waals surface area contributed by atoms with Crippen molar-refractivity contribution in [3.05, 3.63) is 24.3 Å². The van der Waals surface area contributed by atoms with Gasteiger partial charge in [0, 0.05) is 32.7 Å². The van der Waals surface area contributed by atoms with Crippen LogP contribution in [0.25, 0.3) is 11.7 Å². The molecule has 0 atom stereocenters. The van der Waals surface area contributed by atoms with E-state index in [-0.39, 0.29) is 0 Å². The second-order valence-corrected chi connectivity index (χ2v) is 5.95. The lowest BCUT2D eigenvalue weighted by molar-refractivity contribution is 0.110. The van der Waals surface area contributed by atoms with E-state index in [0.717, 1.165) is 32.1 Å². The smallest absolute Gasteiger partial charge is 0.283 e. The van der Waals surface area contributed by atoms with E-state index >= 15 is 0 Å². The molecule has 3 heterocycles. The monoisotopic (exact) mass is 290 g/mol. The van der Waals surface area contributed by atoms with Crippen molar-refractivity contribution in [3.8, 4) is 11.7 Å². The summed E-state index contributed by atoms with van der Waals surface area (Å²) in [7, 11) is 0. The molecule has 0 bridgehead atoms. The molecule has 0 spiro atoms. The van der Waals surface area contributed by atoms with Crippen LogP contribution in [0.1, 0.15) is 19.7 Å². The van der Waals surface area contributed by atoms with Crippen molar-refractivity contribution in [3.63, 3.8) is 0 Å². The molecule has 0 amide bonds. The molecule has 2 aromatic heterocycles. The average Bonchev–Trinajstić information content (AvgIpc) is 3.11. The van der Waals surface area contributed by atoms with Gasteiger partial charge in [-0.2, -0.15) is 0 Å². The van der Waals surface area contributed by atoms with E-state index < -0.39 is 0 Å². The minimum atomic E-state index is 0.452. The van der Waals surface area contributed by atoms with Crippen molar-refractivity contribution < 1.29 is 8.83 Å². The van der Waals surface area contributed by atoms with E-state index in [2.05, 4.69) is 33.8 Å². The SMILES string of the molecule is CC(C)CN1CCN(Cc2nnc(-c3ccco3)o2)CC1. The molecule has 1 fully saturated rings. The van der Waals surface area contributed by atoms with Gasteiger partial charge in [0.15, 0.2) is 5.76 Å². The molecule has 0 radical (unpaired) electrons. The number of aromatic nitrogens is 2. The molecule has 1 saturated heterocycles. The summed E-state index contributed by atoms with van der Waals surface area (Å²) in [6, 6.07) is 3.63. The summed E-state index contributed by atoms with van der Waals surface area (Å²) in [6.45, 7) is 10.7. The van der Waals surface area contributed by atoms with Gasteiger partial charge in [-0.05, 0) is 18.1 Å². The molecule has 1 aliphatic heterocycles. The lowest BCUT2D eigenvalue weighted by Crippen LogP contribution is -2.46. The van der Waals surface area contributed by atoms with Crippen LogP contribution in [0.5, 0.6) is 0 Å². The maximum absolute atomic E-state index is 5.65. The number of piperazine rings is 1. The Morgan fingerprint density at radius 3 is 2.57 bits per heavy atom. The maximum Gasteiger partial charge on any atom is 0.283 e. The van der Waals surface area contributed by atoms with Crippen LogP contribution < -0.4 is 0 Å². The fourth-order valence-electron chi connectivity index (χ4n) is 2.65. The molecular formula is C15H22N4O2. The highest BCUT2D eigenvalue weighted by Gasteiger charge is 2.20. The zero-order valence-corrected chi connectivity index (χ0v) is 12.7. The quantitative estimate of drug-likeness (QED) is 0.840. The molecular weight excluding hydrogens is 268 g/mol. The third-order valence-corrected chi connectivity index (χ3v) is 3.65. The van der Waals surface area contributed by atoms with Gasteiger partial charge in [0.25, 0.3) is 5.89 Å². The Kier molecular flexibility index (Phi) is 4.36. The normalized spacial score (nSPS) is 17.7. The predicted molar refractivity (Wildman–Crippen MR) is 78.6 cm³/mol. The third-order valence-electron chi connectivity index (χ3n) is 3.65. The Hall–Kier alpha value is -1.66. The first-order valence-corrected chi connectivity index (χ1v) is 7.51. The zero-order valence-electron chi connectivity index (χ0n) is 12.7. The lowest BCUT2D eigenvalue weighted by atomic mass is 10.2. The summed E-state index contributed by atoms with van der Waals surface area (Å²) >= 11 is 0. The van der Waals surface area contributed by atoms with Gasteiger partial charge >= 0.3 is 0 Å². The Bertz CT molecular complexity index is 542. The molecule has 0 aliphatic carbocycles. The van der Waals surface area contributed by atoms with Crippen molar-refractivity contribution in [1.29, 1.82) is 0 Å². The van der Waals surface area contributed by atoms with Crippen molar-refractivity contribution in [2.24, 2.45) is 5.92 Å². The molecule has 3 rings (SSSR count). The van der Waals surface area contributed by atoms with Crippen LogP contribution in [-0.4, -0.2) is 52.7 Å². The highest BCUT2D eigenvalue weighted by molar-refractivity contribution is 5.42. The maximum atomic E-state index is 5.65. The Balaban J connectivity index is 1.52. The number of hydrogen-bond donors (Lipinski definition) is 0. The highest BCUT2D eigenvalue weighted by Crippen LogP contribution is 2.18. The number of rotatable bonds is 5. The van der Waals surface area contributed by atoms with Crippen LogP contribution in [-0.2, 0) is 6.54 Å². The first kappa shape index (κ1) is 14.3. The molecule has 0 N–H and O–H groups in total. The average molecular weight is 290 g/mol. The number of nitrogens with zero attached hydrogens (tertiary/aromatic N) is 4. The molecule has 0 saturated carbocycles. The van der Waals surface area contributed by atoms with E-state index in [4.69, 9.17) is 8.83 Å². The summed E-state index contributed by atoms with van der Waals surface area (Å²) in [5, 5.41) is 8.13. The molecule has 6 heteroatoms. The number of furan rings is 1. The second-order valence-electron chi connectivity index (χ2n) is 5.95. The predicted octanol–water partition coefficient (Wildman–Crippen LogP) is 2.10. The summed E-state index contributed by atoms with van der Waals surface area (Å²) in [5.41, 5.74) is 0. The Morgan fingerprint density at radius 2 is 1.90 bits per heavy atom. The minimum Gasteiger partial charge on any atom is -0.459 e. The highest BCUT2D eigenvalue weighted by atomic mass is 16.4. The van der Waals surface area contributed by atoms with E-state index in [9.17, 15) is 0 Å². The van der Waals surface area contributed by atoms with Gasteiger partial charge in [0.1, 0.15) is 0 Å². The standard InChI is InChI=1S/C15H22N4O2/c1-12(2)10-18-5-7-19(8-6-18)11-14-16-17-15(21-14)13-4-3-9-20-13/h3-4,9,12H,5-8,10-11H2,1-2H3. The van der Waals surface area contributed by atoms with Crippen LogP contribution in [0.3, 0.4) is 0 Å². The van der Waals surface area contributed by atoms with Gasteiger partial charge in [-0.1, -0.05) is 13.8 Å². The minimum absolute atomic E-state index is 0.452. The van der Waals surface area contributed by atoms with E-state index in [0.29, 0.717) is 24.1 Å². The molecule has 6 nitrogen and oxygen atoms in total. The van der Waals surface area contributed by atoms with Gasteiger partial charge in [-0.3, -0.25) is 4.90 Å². The first-order valence-electron chi connectivity index (χ1n) is 7.51. The van der Waals surface area contributed by atoms with Crippen molar-refractivity contribution in [1.82, 2.24) is 20.0 Å². The van der Waals surface area contributed by atoms with Crippen molar-refractivity contribution in [2.45, 2.75) is 20.4 Å². The first-order chi connectivity index (χ1) is 10.2. The molecule has 114 valence electrons. The van der Waals surface area contributed by atoms with Crippen LogP contribution in [0.15, 0.2) is 27.2 Å². The topological polar surface area (TPSA) is 58.5 Å². The van der Waals surface area contributed by atoms with Crippen LogP contribution in [0, 0.1) is 5.92 Å². The number of hydrogen-bond acceptors (Lipinski definition) is 6. The summed E-state index contributed by atoms with van der Waals surface area (Å²) in [6.07, 6.45) is 1.60. The molecule has 2 aromatic rings. The molecule has 0 unspecified atom stereocenters. The van der Waals surface area contributed by atoms with E-state index in [1.165, 1.54) is 6.54 Å². The van der Waals surface area contributed by atoms with Crippen molar-refractivity contribution >= 4 is 0 Å². The van der Waals surface area contributed by atoms with Gasteiger partial charge in [0.05, 0.1) is 12.8 Å². The fraction of sp³-hybridized carbons (Fsp3) is 0.600. The third kappa shape index (κ3) is 3.71. The van der Waals surface area contributed by atoms with E-state index in [1.54, 1.807) is 6.26 Å². The summed E-state index contributed by atoms with van der Waals surface area (Å²) < 4.78 is 10.9.